The quantitative estimate of drug-likeness (QED) is 0.864. The number of nitrogens with one attached hydrogen (secondary N) is 2. The number of hydrogen-bond donors (Lipinski definition) is 2. The van der Waals surface area contributed by atoms with Gasteiger partial charge in [0.1, 0.15) is 11.6 Å². The minimum absolute atomic E-state index is 0.0533. The Morgan fingerprint density at radius 2 is 2.32 bits per heavy atom. The Morgan fingerprint density at radius 1 is 1.53 bits per heavy atom. The number of aromatic amines is 1. The second-order valence-electron chi connectivity index (χ2n) is 5.54. The molecule has 0 radical (unpaired) electrons. The molecule has 1 aromatic heterocycles. The van der Waals surface area contributed by atoms with E-state index in [1.165, 1.54) is 12.8 Å². The molecule has 0 aliphatic carbocycles. The van der Waals surface area contributed by atoms with Gasteiger partial charge in [0.05, 0.1) is 0 Å². The Hall–Kier alpha value is -1.36. The highest BCUT2D eigenvalue weighted by atomic mass is 16.1. The molecular weight excluding hydrogens is 240 g/mol. The van der Waals surface area contributed by atoms with Crippen molar-refractivity contribution in [2.75, 3.05) is 25.0 Å². The van der Waals surface area contributed by atoms with Crippen LogP contribution in [-0.2, 0) is 0 Å². The van der Waals surface area contributed by atoms with E-state index >= 15 is 0 Å². The van der Waals surface area contributed by atoms with Gasteiger partial charge in [0.25, 0.3) is 5.56 Å². The van der Waals surface area contributed by atoms with E-state index in [2.05, 4.69) is 20.2 Å². The highest BCUT2D eigenvalue weighted by Crippen LogP contribution is 2.22. The molecule has 0 amide bonds. The van der Waals surface area contributed by atoms with Crippen LogP contribution in [-0.4, -0.2) is 36.1 Å². The molecule has 0 aromatic carbocycles. The third kappa shape index (κ3) is 3.35. The molecule has 5 nitrogen and oxygen atoms in total. The van der Waals surface area contributed by atoms with E-state index in [0.29, 0.717) is 6.04 Å². The van der Waals surface area contributed by atoms with E-state index in [4.69, 9.17) is 0 Å². The molecule has 1 unspecified atom stereocenters. The Kier molecular flexibility index (Phi) is 4.58. The summed E-state index contributed by atoms with van der Waals surface area (Å²) in [5, 5.41) is 3.23. The van der Waals surface area contributed by atoms with Crippen LogP contribution in [0.3, 0.4) is 0 Å². The first kappa shape index (κ1) is 14.1. The van der Waals surface area contributed by atoms with Crippen LogP contribution in [0.25, 0.3) is 0 Å². The fraction of sp³-hybridized carbons (Fsp3) is 0.714. The highest BCUT2D eigenvalue weighted by Gasteiger charge is 2.23. The molecule has 1 saturated heterocycles. The Labute approximate surface area is 114 Å². The first-order valence-electron chi connectivity index (χ1n) is 7.14. The summed E-state index contributed by atoms with van der Waals surface area (Å²) in [4.78, 5) is 21.5. The molecule has 106 valence electrons. The summed E-state index contributed by atoms with van der Waals surface area (Å²) in [5.41, 5.74) is -0.0533. The second-order valence-corrected chi connectivity index (χ2v) is 5.54. The first-order chi connectivity index (χ1) is 9.11. The van der Waals surface area contributed by atoms with Crippen molar-refractivity contribution in [1.29, 1.82) is 0 Å². The maximum atomic E-state index is 11.8. The van der Waals surface area contributed by atoms with Crippen LogP contribution in [0, 0.1) is 0 Å². The fourth-order valence-electron chi connectivity index (χ4n) is 2.63. The van der Waals surface area contributed by atoms with Gasteiger partial charge in [-0.05, 0) is 26.3 Å². The number of aromatic nitrogens is 2. The SMILES string of the molecule is CNCC1CCCCN1c1cc(=O)[nH]c(C(C)C)n1. The van der Waals surface area contributed by atoms with Gasteiger partial charge >= 0.3 is 0 Å². The normalized spacial score (nSPS) is 20.0. The molecule has 19 heavy (non-hydrogen) atoms. The standard InChI is InChI=1S/C14H24N4O/c1-10(2)14-16-12(8-13(19)17-14)18-7-5-4-6-11(18)9-15-3/h8,10-11,15H,4-7,9H2,1-3H3,(H,16,17,19). The smallest absolute Gasteiger partial charge is 0.252 e. The van der Waals surface area contributed by atoms with Gasteiger partial charge < -0.3 is 15.2 Å². The van der Waals surface area contributed by atoms with E-state index in [1.54, 1.807) is 6.07 Å². The van der Waals surface area contributed by atoms with Gasteiger partial charge in [-0.15, -0.1) is 0 Å². The molecule has 5 heteroatoms. The summed E-state index contributed by atoms with van der Waals surface area (Å²) in [5.74, 6) is 1.84. The van der Waals surface area contributed by atoms with E-state index in [0.717, 1.165) is 31.2 Å². The zero-order chi connectivity index (χ0) is 13.8. The summed E-state index contributed by atoms with van der Waals surface area (Å²) in [6, 6.07) is 2.06. The number of piperidine rings is 1. The van der Waals surface area contributed by atoms with Crippen molar-refractivity contribution in [1.82, 2.24) is 15.3 Å². The predicted octanol–water partition coefficient (Wildman–Crippen LogP) is 1.47. The Bertz CT molecular complexity index is 467. The van der Waals surface area contributed by atoms with Gasteiger partial charge in [0, 0.05) is 31.1 Å². The minimum Gasteiger partial charge on any atom is -0.352 e. The van der Waals surface area contributed by atoms with E-state index in [1.807, 2.05) is 20.9 Å². The van der Waals surface area contributed by atoms with Crippen LogP contribution in [0.4, 0.5) is 5.82 Å². The molecule has 0 bridgehead atoms. The molecule has 1 fully saturated rings. The number of rotatable bonds is 4. The van der Waals surface area contributed by atoms with Crippen LogP contribution in [0.2, 0.25) is 0 Å². The summed E-state index contributed by atoms with van der Waals surface area (Å²) < 4.78 is 0. The van der Waals surface area contributed by atoms with E-state index < -0.39 is 0 Å². The summed E-state index contributed by atoms with van der Waals surface area (Å²) in [6.45, 7) is 6.01. The zero-order valence-electron chi connectivity index (χ0n) is 12.1. The van der Waals surface area contributed by atoms with Crippen molar-refractivity contribution >= 4 is 5.82 Å². The monoisotopic (exact) mass is 264 g/mol. The number of H-pyrrole nitrogens is 1. The van der Waals surface area contributed by atoms with Crippen molar-refractivity contribution < 1.29 is 0 Å². The maximum absolute atomic E-state index is 11.8. The van der Waals surface area contributed by atoms with Crippen LogP contribution in [0.5, 0.6) is 0 Å². The summed E-state index contributed by atoms with van der Waals surface area (Å²) >= 11 is 0. The lowest BCUT2D eigenvalue weighted by Gasteiger charge is -2.36. The Balaban J connectivity index is 2.30. The highest BCUT2D eigenvalue weighted by molar-refractivity contribution is 5.40. The number of likely N-dealkylation sites (N-methyl/N-ethyl adjacent to an activating group) is 1. The van der Waals surface area contributed by atoms with Gasteiger partial charge in [-0.25, -0.2) is 4.98 Å². The van der Waals surface area contributed by atoms with Crippen LogP contribution >= 0.6 is 0 Å². The predicted molar refractivity (Wildman–Crippen MR) is 77.9 cm³/mol. The van der Waals surface area contributed by atoms with Crippen LogP contribution < -0.4 is 15.8 Å². The Morgan fingerprint density at radius 3 is 3.00 bits per heavy atom. The number of nitrogens with zero attached hydrogens (tertiary/aromatic N) is 2. The minimum atomic E-state index is -0.0533. The molecule has 0 spiro atoms. The lowest BCUT2D eigenvalue weighted by molar-refractivity contribution is 0.442. The summed E-state index contributed by atoms with van der Waals surface area (Å²) in [6.07, 6.45) is 3.58. The largest absolute Gasteiger partial charge is 0.352 e. The lowest BCUT2D eigenvalue weighted by atomic mass is 10.0. The zero-order valence-corrected chi connectivity index (χ0v) is 12.1. The number of anilines is 1. The molecule has 0 saturated carbocycles. The molecule has 1 atom stereocenters. The third-order valence-electron chi connectivity index (χ3n) is 3.65. The van der Waals surface area contributed by atoms with Gasteiger partial charge in [0.2, 0.25) is 0 Å². The van der Waals surface area contributed by atoms with Crippen molar-refractivity contribution in [3.05, 3.63) is 22.2 Å². The molecule has 1 aromatic rings. The van der Waals surface area contributed by atoms with Gasteiger partial charge in [0.15, 0.2) is 0 Å². The van der Waals surface area contributed by atoms with Crippen LogP contribution in [0.1, 0.15) is 44.9 Å². The number of hydrogen-bond acceptors (Lipinski definition) is 4. The van der Waals surface area contributed by atoms with Crippen molar-refractivity contribution in [2.45, 2.75) is 45.1 Å². The van der Waals surface area contributed by atoms with Crippen molar-refractivity contribution in [3.8, 4) is 0 Å². The molecule has 2 heterocycles. The molecule has 1 aliphatic heterocycles. The average molecular weight is 264 g/mol. The average Bonchev–Trinajstić information content (AvgIpc) is 2.39. The van der Waals surface area contributed by atoms with E-state index in [9.17, 15) is 4.79 Å². The van der Waals surface area contributed by atoms with Gasteiger partial charge in [-0.1, -0.05) is 13.8 Å². The molecular formula is C14H24N4O. The first-order valence-corrected chi connectivity index (χ1v) is 7.14. The topological polar surface area (TPSA) is 61.0 Å². The molecule has 1 aliphatic rings. The lowest BCUT2D eigenvalue weighted by Crippen LogP contribution is -2.45. The third-order valence-corrected chi connectivity index (χ3v) is 3.65. The maximum Gasteiger partial charge on any atom is 0.252 e. The second kappa shape index (κ2) is 6.19. The van der Waals surface area contributed by atoms with E-state index in [-0.39, 0.29) is 11.5 Å². The van der Waals surface area contributed by atoms with Gasteiger partial charge in [-0.2, -0.15) is 0 Å². The van der Waals surface area contributed by atoms with Crippen molar-refractivity contribution in [2.24, 2.45) is 0 Å². The fourth-order valence-corrected chi connectivity index (χ4v) is 2.63. The molecule has 2 rings (SSSR count). The van der Waals surface area contributed by atoms with Crippen molar-refractivity contribution in [3.63, 3.8) is 0 Å². The molecule has 2 N–H and O–H groups in total. The van der Waals surface area contributed by atoms with Gasteiger partial charge in [-0.3, -0.25) is 4.79 Å². The van der Waals surface area contributed by atoms with Crippen LogP contribution in [0.15, 0.2) is 10.9 Å². The summed E-state index contributed by atoms with van der Waals surface area (Å²) in [7, 11) is 1.97.